The van der Waals surface area contributed by atoms with Crippen molar-refractivity contribution in [2.24, 2.45) is 0 Å². The molecule has 0 saturated heterocycles. The van der Waals surface area contributed by atoms with Gasteiger partial charge in [0, 0.05) is 22.3 Å². The van der Waals surface area contributed by atoms with Gasteiger partial charge < -0.3 is 9.63 Å². The van der Waals surface area contributed by atoms with E-state index in [-0.39, 0.29) is 11.8 Å². The lowest BCUT2D eigenvalue weighted by atomic mass is 9.91. The summed E-state index contributed by atoms with van der Waals surface area (Å²) in [7, 11) is 0. The topological polar surface area (TPSA) is 63.3 Å². The van der Waals surface area contributed by atoms with Crippen LogP contribution in [0.3, 0.4) is 0 Å². The highest BCUT2D eigenvalue weighted by molar-refractivity contribution is 7.98. The monoisotopic (exact) mass is 483 g/mol. The summed E-state index contributed by atoms with van der Waals surface area (Å²) in [4.78, 5) is 11.2. The van der Waals surface area contributed by atoms with Crippen molar-refractivity contribution in [1.82, 2.24) is 5.16 Å². The Labute approximate surface area is 210 Å². The molecule has 35 heavy (non-hydrogen) atoms. The third-order valence-electron chi connectivity index (χ3n) is 6.94. The number of nitrogens with zero attached hydrogens (tertiary/aromatic N) is 1. The van der Waals surface area contributed by atoms with E-state index >= 15 is 0 Å². The number of aryl methyl sites for hydroxylation is 2. The minimum Gasteiger partial charge on any atom is -0.481 e. The smallest absolute Gasteiger partial charge is 0.304 e. The van der Waals surface area contributed by atoms with E-state index in [9.17, 15) is 9.90 Å². The fourth-order valence-electron chi connectivity index (χ4n) is 4.64. The summed E-state index contributed by atoms with van der Waals surface area (Å²) >= 11 is 1.90. The highest BCUT2D eigenvalue weighted by Gasteiger charge is 2.45. The lowest BCUT2D eigenvalue weighted by Crippen LogP contribution is -2.12. The predicted octanol–water partition coefficient (Wildman–Crippen LogP) is 7.30. The van der Waals surface area contributed by atoms with E-state index in [2.05, 4.69) is 84.0 Å². The average molecular weight is 484 g/mol. The van der Waals surface area contributed by atoms with Gasteiger partial charge in [-0.25, -0.2) is 0 Å². The maximum Gasteiger partial charge on any atom is 0.304 e. The van der Waals surface area contributed by atoms with Crippen LogP contribution in [0.15, 0.2) is 83.4 Å². The molecule has 0 aliphatic heterocycles. The molecule has 0 spiro atoms. The first-order valence-corrected chi connectivity index (χ1v) is 13.2. The molecule has 1 heterocycles. The van der Waals surface area contributed by atoms with Gasteiger partial charge in [-0.15, -0.1) is 0 Å². The second-order valence-electron chi connectivity index (χ2n) is 9.36. The number of rotatable bonds is 10. The summed E-state index contributed by atoms with van der Waals surface area (Å²) in [5, 5.41) is 13.6. The quantitative estimate of drug-likeness (QED) is 0.240. The van der Waals surface area contributed by atoms with Gasteiger partial charge in [-0.2, -0.15) is 11.8 Å². The molecular formula is C30H29NO3S. The summed E-state index contributed by atoms with van der Waals surface area (Å²) < 4.78 is 5.55. The van der Waals surface area contributed by atoms with Crippen LogP contribution in [0.4, 0.5) is 0 Å². The molecule has 0 atom stereocenters. The van der Waals surface area contributed by atoms with E-state index in [1.807, 2.05) is 18.7 Å². The van der Waals surface area contributed by atoms with Gasteiger partial charge in [-0.3, -0.25) is 4.79 Å². The van der Waals surface area contributed by atoms with Crippen molar-refractivity contribution >= 4 is 17.7 Å². The molecule has 0 radical (unpaired) electrons. The minimum absolute atomic E-state index is 0.158. The third kappa shape index (κ3) is 5.35. The number of hydrogen-bond donors (Lipinski definition) is 1. The first kappa shape index (κ1) is 23.4. The number of carbonyl (C=O) groups is 1. The Balaban J connectivity index is 1.25. The van der Waals surface area contributed by atoms with E-state index in [1.54, 1.807) is 0 Å². The molecule has 5 rings (SSSR count). The van der Waals surface area contributed by atoms with Crippen LogP contribution in [0, 0.1) is 6.92 Å². The molecule has 1 saturated carbocycles. The molecule has 1 fully saturated rings. The van der Waals surface area contributed by atoms with Crippen molar-refractivity contribution in [3.8, 4) is 22.4 Å². The number of hydrogen-bond acceptors (Lipinski definition) is 4. The van der Waals surface area contributed by atoms with E-state index in [0.29, 0.717) is 0 Å². The molecule has 4 aromatic rings. The molecule has 4 nitrogen and oxygen atoms in total. The predicted molar refractivity (Wildman–Crippen MR) is 142 cm³/mol. The fourth-order valence-corrected chi connectivity index (χ4v) is 5.71. The van der Waals surface area contributed by atoms with Crippen LogP contribution in [0.1, 0.15) is 41.7 Å². The molecule has 1 aliphatic carbocycles. The van der Waals surface area contributed by atoms with Gasteiger partial charge in [0.1, 0.15) is 11.5 Å². The highest BCUT2D eigenvalue weighted by atomic mass is 32.2. The Hall–Kier alpha value is -3.31. The molecule has 0 unspecified atom stereocenters. The van der Waals surface area contributed by atoms with Crippen molar-refractivity contribution in [3.63, 3.8) is 0 Å². The lowest BCUT2D eigenvalue weighted by molar-refractivity contribution is -0.137. The first-order chi connectivity index (χ1) is 17.0. The number of aromatic nitrogens is 1. The van der Waals surface area contributed by atoms with Crippen LogP contribution in [0.5, 0.6) is 0 Å². The highest BCUT2D eigenvalue weighted by Crippen LogP contribution is 2.51. The minimum atomic E-state index is -0.723. The van der Waals surface area contributed by atoms with Crippen molar-refractivity contribution in [2.75, 3.05) is 5.75 Å². The fraction of sp³-hybridized carbons (Fsp3) is 0.267. The maximum absolute atomic E-state index is 11.2. The van der Waals surface area contributed by atoms with Gasteiger partial charge in [-0.05, 0) is 54.2 Å². The van der Waals surface area contributed by atoms with Crippen LogP contribution >= 0.6 is 11.8 Å². The number of carboxylic acids is 1. The van der Waals surface area contributed by atoms with E-state index in [0.717, 1.165) is 70.0 Å². The molecule has 178 valence electrons. The van der Waals surface area contributed by atoms with Crippen molar-refractivity contribution in [2.45, 2.75) is 43.8 Å². The Bertz CT molecular complexity index is 1290. The van der Waals surface area contributed by atoms with Crippen LogP contribution in [0.25, 0.3) is 22.4 Å². The summed E-state index contributed by atoms with van der Waals surface area (Å²) in [6.07, 6.45) is 3.18. The molecule has 1 aromatic heterocycles. The SMILES string of the molecule is Cc1onc(-c2ccc(-c3ccc(C4(CC(=O)O)CC4)cc3)cc2)c1CSCCc1ccccc1. The Kier molecular flexibility index (Phi) is 6.78. The number of benzene rings is 3. The van der Waals surface area contributed by atoms with Gasteiger partial charge in [0.15, 0.2) is 0 Å². The molecular weight excluding hydrogens is 454 g/mol. The summed E-state index contributed by atoms with van der Waals surface area (Å²) in [5.41, 5.74) is 7.72. The summed E-state index contributed by atoms with van der Waals surface area (Å²) in [6, 6.07) is 27.4. The van der Waals surface area contributed by atoms with Crippen LogP contribution < -0.4 is 0 Å². The zero-order valence-corrected chi connectivity index (χ0v) is 20.7. The van der Waals surface area contributed by atoms with Gasteiger partial charge in [0.2, 0.25) is 0 Å². The normalized spacial score (nSPS) is 14.1. The van der Waals surface area contributed by atoms with Crippen LogP contribution in [0.2, 0.25) is 0 Å². The van der Waals surface area contributed by atoms with Crippen molar-refractivity contribution in [1.29, 1.82) is 0 Å². The second kappa shape index (κ2) is 10.1. The molecule has 5 heteroatoms. The molecule has 1 aliphatic rings. The number of aliphatic carboxylic acids is 1. The van der Waals surface area contributed by atoms with Gasteiger partial charge in [0.25, 0.3) is 0 Å². The molecule has 0 amide bonds. The number of carboxylic acid groups (broad SMARTS) is 1. The van der Waals surface area contributed by atoms with E-state index < -0.39 is 5.97 Å². The van der Waals surface area contributed by atoms with Crippen LogP contribution in [-0.4, -0.2) is 22.0 Å². The summed E-state index contributed by atoms with van der Waals surface area (Å²) in [5.74, 6) is 2.08. The largest absolute Gasteiger partial charge is 0.481 e. The van der Waals surface area contributed by atoms with Gasteiger partial charge >= 0.3 is 5.97 Å². The standard InChI is InChI=1S/C30H29NO3S/c1-21-27(20-35-18-15-22-5-3-2-4-6-22)29(31-34-21)25-9-7-23(8-10-25)24-11-13-26(14-12-24)30(16-17-30)19-28(32)33/h2-14H,15-20H2,1H3,(H,32,33). The van der Waals surface area contributed by atoms with Crippen molar-refractivity contribution in [3.05, 3.63) is 101 Å². The van der Waals surface area contributed by atoms with Gasteiger partial charge in [-0.1, -0.05) is 84.0 Å². The lowest BCUT2D eigenvalue weighted by Gasteiger charge is -2.13. The molecule has 0 bridgehead atoms. The Morgan fingerprint density at radius 2 is 1.57 bits per heavy atom. The second-order valence-corrected chi connectivity index (χ2v) is 10.5. The van der Waals surface area contributed by atoms with E-state index in [4.69, 9.17) is 4.52 Å². The summed E-state index contributed by atoms with van der Waals surface area (Å²) in [6.45, 7) is 1.98. The molecule has 3 aromatic carbocycles. The zero-order chi connectivity index (χ0) is 24.3. The number of thioether (sulfide) groups is 1. The Morgan fingerprint density at radius 1 is 0.943 bits per heavy atom. The van der Waals surface area contributed by atoms with Crippen molar-refractivity contribution < 1.29 is 14.4 Å². The maximum atomic E-state index is 11.2. The van der Waals surface area contributed by atoms with E-state index in [1.165, 1.54) is 5.56 Å². The van der Waals surface area contributed by atoms with Gasteiger partial charge in [0.05, 0.1) is 6.42 Å². The zero-order valence-electron chi connectivity index (χ0n) is 19.9. The average Bonchev–Trinajstić information content (AvgIpc) is 3.56. The van der Waals surface area contributed by atoms with Crippen LogP contribution in [-0.2, 0) is 22.4 Å². The third-order valence-corrected chi connectivity index (χ3v) is 7.93. The Morgan fingerprint density at radius 3 is 2.20 bits per heavy atom. The molecule has 1 N–H and O–H groups in total. The first-order valence-electron chi connectivity index (χ1n) is 12.0.